The molecule has 0 fully saturated rings. The second kappa shape index (κ2) is 6.33. The number of hydrogen-bond donors (Lipinski definition) is 0. The van der Waals surface area contributed by atoms with E-state index in [1.165, 1.54) is 0 Å². The molecule has 0 radical (unpaired) electrons. The average Bonchev–Trinajstić information content (AvgIpc) is 3.32. The Hall–Kier alpha value is -2.86. The van der Waals surface area contributed by atoms with Gasteiger partial charge in [-0.25, -0.2) is 19.9 Å². The van der Waals surface area contributed by atoms with Crippen molar-refractivity contribution in [1.29, 1.82) is 0 Å². The van der Waals surface area contributed by atoms with Gasteiger partial charge >= 0.3 is 0 Å². The van der Waals surface area contributed by atoms with Crippen molar-refractivity contribution in [2.45, 2.75) is 13.0 Å². The topological polar surface area (TPSA) is 56.5 Å². The molecule has 4 aromatic rings. The lowest BCUT2D eigenvalue weighted by Gasteiger charge is -2.14. The Morgan fingerprint density at radius 2 is 1.92 bits per heavy atom. The Balaban J connectivity index is 1.70. The van der Waals surface area contributed by atoms with E-state index < -0.39 is 0 Å². The SMILES string of the molecule is C[C@@H](c1ccncn1)n1ccnc1-c1nc(-c2ccccc2)cs1. The van der Waals surface area contributed by atoms with Crippen LogP contribution < -0.4 is 0 Å². The fraction of sp³-hybridized carbons (Fsp3) is 0.111. The van der Waals surface area contributed by atoms with Gasteiger partial charge in [0.05, 0.1) is 17.4 Å². The first-order valence-corrected chi connectivity index (χ1v) is 8.51. The van der Waals surface area contributed by atoms with Crippen LogP contribution in [0.25, 0.3) is 22.1 Å². The summed E-state index contributed by atoms with van der Waals surface area (Å²) >= 11 is 1.60. The summed E-state index contributed by atoms with van der Waals surface area (Å²) in [5.74, 6) is 0.855. The van der Waals surface area contributed by atoms with Crippen LogP contribution in [0.2, 0.25) is 0 Å². The van der Waals surface area contributed by atoms with Crippen LogP contribution in [0.5, 0.6) is 0 Å². The Morgan fingerprint density at radius 1 is 1.04 bits per heavy atom. The molecule has 1 aromatic carbocycles. The lowest BCUT2D eigenvalue weighted by molar-refractivity contribution is 0.624. The second-order valence-corrected chi connectivity index (χ2v) is 6.23. The Morgan fingerprint density at radius 3 is 2.71 bits per heavy atom. The zero-order chi connectivity index (χ0) is 16.4. The van der Waals surface area contributed by atoms with E-state index in [2.05, 4.69) is 44.0 Å². The molecule has 0 unspecified atom stereocenters. The fourth-order valence-electron chi connectivity index (χ4n) is 2.60. The molecule has 6 heteroatoms. The number of nitrogens with zero attached hydrogens (tertiary/aromatic N) is 5. The highest BCUT2D eigenvalue weighted by atomic mass is 32.1. The Bertz CT molecular complexity index is 930. The minimum atomic E-state index is 0.0644. The van der Waals surface area contributed by atoms with Crippen LogP contribution >= 0.6 is 11.3 Å². The molecule has 24 heavy (non-hydrogen) atoms. The standard InChI is InChI=1S/C18H15N5S/c1-13(15-7-8-19-12-21-15)23-10-9-20-17(23)18-22-16(11-24-18)14-5-3-2-4-6-14/h2-13H,1H3/t13-/m0/s1. The zero-order valence-electron chi connectivity index (χ0n) is 13.1. The van der Waals surface area contributed by atoms with Gasteiger partial charge in [0.1, 0.15) is 6.33 Å². The van der Waals surface area contributed by atoms with Crippen LogP contribution in [0, 0.1) is 0 Å². The van der Waals surface area contributed by atoms with E-state index in [9.17, 15) is 0 Å². The van der Waals surface area contributed by atoms with Crippen molar-refractivity contribution in [3.63, 3.8) is 0 Å². The first-order chi connectivity index (χ1) is 11.8. The second-order valence-electron chi connectivity index (χ2n) is 5.37. The number of imidazole rings is 1. The molecule has 4 rings (SSSR count). The minimum Gasteiger partial charge on any atom is -0.320 e. The summed E-state index contributed by atoms with van der Waals surface area (Å²) in [7, 11) is 0. The van der Waals surface area contributed by atoms with Gasteiger partial charge in [-0.2, -0.15) is 0 Å². The van der Waals surface area contributed by atoms with E-state index in [0.717, 1.165) is 27.8 Å². The number of thiazole rings is 1. The highest BCUT2D eigenvalue weighted by molar-refractivity contribution is 7.13. The number of benzene rings is 1. The van der Waals surface area contributed by atoms with Gasteiger partial charge in [0.15, 0.2) is 10.8 Å². The normalized spacial score (nSPS) is 12.2. The highest BCUT2D eigenvalue weighted by Crippen LogP contribution is 2.30. The maximum atomic E-state index is 4.76. The van der Waals surface area contributed by atoms with E-state index >= 15 is 0 Å². The quantitative estimate of drug-likeness (QED) is 0.565. The predicted molar refractivity (Wildman–Crippen MR) is 94.6 cm³/mol. The van der Waals surface area contributed by atoms with E-state index in [-0.39, 0.29) is 6.04 Å². The predicted octanol–water partition coefficient (Wildman–Crippen LogP) is 4.07. The first-order valence-electron chi connectivity index (χ1n) is 7.63. The van der Waals surface area contributed by atoms with Crippen molar-refractivity contribution in [3.05, 3.63) is 72.4 Å². The highest BCUT2D eigenvalue weighted by Gasteiger charge is 2.17. The molecule has 0 aliphatic heterocycles. The Labute approximate surface area is 143 Å². The lowest BCUT2D eigenvalue weighted by Crippen LogP contribution is -2.09. The fourth-order valence-corrected chi connectivity index (χ4v) is 3.43. The maximum absolute atomic E-state index is 4.76. The molecule has 0 N–H and O–H groups in total. The molecule has 0 bridgehead atoms. The van der Waals surface area contributed by atoms with Crippen molar-refractivity contribution in [3.8, 4) is 22.1 Å². The van der Waals surface area contributed by atoms with Gasteiger partial charge in [-0.3, -0.25) is 0 Å². The van der Waals surface area contributed by atoms with E-state index in [0.29, 0.717) is 0 Å². The largest absolute Gasteiger partial charge is 0.320 e. The minimum absolute atomic E-state index is 0.0644. The third kappa shape index (κ3) is 2.72. The van der Waals surface area contributed by atoms with Crippen molar-refractivity contribution in [2.75, 3.05) is 0 Å². The van der Waals surface area contributed by atoms with Crippen LogP contribution in [0.4, 0.5) is 0 Å². The smallest absolute Gasteiger partial charge is 0.169 e. The first kappa shape index (κ1) is 14.7. The molecule has 1 atom stereocenters. The van der Waals surface area contributed by atoms with Crippen molar-refractivity contribution in [1.82, 2.24) is 24.5 Å². The third-order valence-electron chi connectivity index (χ3n) is 3.88. The summed E-state index contributed by atoms with van der Waals surface area (Å²) in [4.78, 5) is 17.6. The van der Waals surface area contributed by atoms with Crippen LogP contribution in [-0.4, -0.2) is 24.5 Å². The monoisotopic (exact) mass is 333 g/mol. The van der Waals surface area contributed by atoms with E-state index in [1.807, 2.05) is 30.5 Å². The number of rotatable bonds is 4. The van der Waals surface area contributed by atoms with Gasteiger partial charge < -0.3 is 4.57 Å². The average molecular weight is 333 g/mol. The molecule has 0 saturated carbocycles. The van der Waals surface area contributed by atoms with Crippen molar-refractivity contribution >= 4 is 11.3 Å². The van der Waals surface area contributed by atoms with Crippen LogP contribution in [0.1, 0.15) is 18.7 Å². The summed E-state index contributed by atoms with van der Waals surface area (Å²) in [6, 6.07) is 12.2. The van der Waals surface area contributed by atoms with Gasteiger partial charge in [-0.15, -0.1) is 11.3 Å². The Kier molecular flexibility index (Phi) is 3.88. The van der Waals surface area contributed by atoms with Crippen LogP contribution in [-0.2, 0) is 0 Å². The van der Waals surface area contributed by atoms with Gasteiger partial charge in [0, 0.05) is 29.5 Å². The summed E-state index contributed by atoms with van der Waals surface area (Å²) in [6.07, 6.45) is 7.09. The maximum Gasteiger partial charge on any atom is 0.169 e. The molecule has 3 aromatic heterocycles. The summed E-state index contributed by atoms with van der Waals surface area (Å²) in [6.45, 7) is 2.10. The van der Waals surface area contributed by atoms with E-state index in [1.54, 1.807) is 30.1 Å². The van der Waals surface area contributed by atoms with Gasteiger partial charge in [-0.05, 0) is 13.0 Å². The van der Waals surface area contributed by atoms with Gasteiger partial charge in [-0.1, -0.05) is 30.3 Å². The molecular formula is C18H15N5S. The van der Waals surface area contributed by atoms with Gasteiger partial charge in [0.25, 0.3) is 0 Å². The molecule has 118 valence electrons. The van der Waals surface area contributed by atoms with Crippen molar-refractivity contribution < 1.29 is 0 Å². The molecule has 5 nitrogen and oxygen atoms in total. The molecule has 0 spiro atoms. The van der Waals surface area contributed by atoms with Crippen molar-refractivity contribution in [2.24, 2.45) is 0 Å². The number of aromatic nitrogens is 5. The summed E-state index contributed by atoms with van der Waals surface area (Å²) in [5.41, 5.74) is 3.03. The number of hydrogen-bond acceptors (Lipinski definition) is 5. The zero-order valence-corrected chi connectivity index (χ0v) is 13.9. The molecule has 0 aliphatic rings. The summed E-state index contributed by atoms with van der Waals surface area (Å²) in [5, 5.41) is 2.97. The van der Waals surface area contributed by atoms with Gasteiger partial charge in [0.2, 0.25) is 0 Å². The van der Waals surface area contributed by atoms with E-state index in [4.69, 9.17) is 4.98 Å². The molecule has 3 heterocycles. The summed E-state index contributed by atoms with van der Waals surface area (Å²) < 4.78 is 2.09. The molecular weight excluding hydrogens is 318 g/mol. The van der Waals surface area contributed by atoms with Crippen LogP contribution in [0.3, 0.4) is 0 Å². The molecule has 0 saturated heterocycles. The molecule has 0 amide bonds. The third-order valence-corrected chi connectivity index (χ3v) is 4.72. The lowest BCUT2D eigenvalue weighted by atomic mass is 10.2. The molecule has 0 aliphatic carbocycles. The van der Waals surface area contributed by atoms with Crippen LogP contribution in [0.15, 0.2) is 66.7 Å².